The molecule has 0 saturated heterocycles. The standard InChI is InChI=1S/C12H12ClF3O2/c1-7(18-8(2)12(14,15)16)11(17)9-4-3-5-10(13)6-9/h3-8H,1-2H3. The van der Waals surface area contributed by atoms with Crippen LogP contribution in [0.15, 0.2) is 24.3 Å². The Kier molecular flexibility index (Phi) is 4.76. The largest absolute Gasteiger partial charge is 0.414 e. The van der Waals surface area contributed by atoms with Gasteiger partial charge in [0.1, 0.15) is 6.10 Å². The predicted molar refractivity (Wildman–Crippen MR) is 61.8 cm³/mol. The molecule has 2 atom stereocenters. The summed E-state index contributed by atoms with van der Waals surface area (Å²) in [7, 11) is 0. The molecule has 0 aromatic heterocycles. The van der Waals surface area contributed by atoms with Crippen LogP contribution in [-0.4, -0.2) is 24.2 Å². The van der Waals surface area contributed by atoms with Crippen molar-refractivity contribution in [3.63, 3.8) is 0 Å². The fraction of sp³-hybridized carbons (Fsp3) is 0.417. The Hall–Kier alpha value is -1.07. The van der Waals surface area contributed by atoms with E-state index in [1.807, 2.05) is 0 Å². The number of Topliss-reactive ketones (excluding diaryl/α,β-unsaturated/α-hetero) is 1. The van der Waals surface area contributed by atoms with Crippen LogP contribution in [-0.2, 0) is 4.74 Å². The summed E-state index contributed by atoms with van der Waals surface area (Å²) in [5.74, 6) is -0.534. The summed E-state index contributed by atoms with van der Waals surface area (Å²) >= 11 is 5.70. The highest BCUT2D eigenvalue weighted by atomic mass is 35.5. The predicted octanol–water partition coefficient (Wildman–Crippen LogP) is 3.88. The minimum atomic E-state index is -4.48. The van der Waals surface area contributed by atoms with E-state index in [2.05, 4.69) is 4.74 Å². The van der Waals surface area contributed by atoms with Crippen LogP contribution in [0.1, 0.15) is 24.2 Å². The highest BCUT2D eigenvalue weighted by Crippen LogP contribution is 2.24. The number of ether oxygens (including phenoxy) is 1. The van der Waals surface area contributed by atoms with Crippen LogP contribution >= 0.6 is 11.6 Å². The maximum atomic E-state index is 12.3. The molecule has 0 bridgehead atoms. The summed E-state index contributed by atoms with van der Waals surface area (Å²) in [5.41, 5.74) is 0.226. The highest BCUT2D eigenvalue weighted by Gasteiger charge is 2.38. The first-order chi connectivity index (χ1) is 8.21. The second kappa shape index (κ2) is 5.71. The minimum absolute atomic E-state index is 0.226. The molecule has 0 saturated carbocycles. The van der Waals surface area contributed by atoms with Gasteiger partial charge in [0, 0.05) is 10.6 Å². The van der Waals surface area contributed by atoms with Crippen molar-refractivity contribution in [3.05, 3.63) is 34.9 Å². The first kappa shape index (κ1) is 15.0. The van der Waals surface area contributed by atoms with E-state index in [0.29, 0.717) is 5.02 Å². The van der Waals surface area contributed by atoms with Crippen molar-refractivity contribution in [1.29, 1.82) is 0 Å². The van der Waals surface area contributed by atoms with Crippen LogP contribution in [0.3, 0.4) is 0 Å². The van der Waals surface area contributed by atoms with Crippen LogP contribution in [0.2, 0.25) is 5.02 Å². The van der Waals surface area contributed by atoms with Gasteiger partial charge < -0.3 is 4.74 Å². The van der Waals surface area contributed by atoms with Gasteiger partial charge in [-0.3, -0.25) is 4.79 Å². The van der Waals surface area contributed by atoms with Gasteiger partial charge >= 0.3 is 6.18 Å². The molecule has 0 aliphatic heterocycles. The van der Waals surface area contributed by atoms with E-state index in [1.54, 1.807) is 12.1 Å². The van der Waals surface area contributed by atoms with Crippen molar-refractivity contribution in [2.75, 3.05) is 0 Å². The average molecular weight is 281 g/mol. The molecule has 0 fully saturated rings. The smallest absolute Gasteiger partial charge is 0.358 e. The van der Waals surface area contributed by atoms with Crippen molar-refractivity contribution in [2.24, 2.45) is 0 Å². The van der Waals surface area contributed by atoms with Crippen molar-refractivity contribution in [3.8, 4) is 0 Å². The third kappa shape index (κ3) is 3.99. The number of hydrogen-bond donors (Lipinski definition) is 0. The summed E-state index contributed by atoms with van der Waals surface area (Å²) in [6, 6.07) is 5.99. The molecule has 6 heteroatoms. The molecular formula is C12H12ClF3O2. The van der Waals surface area contributed by atoms with Gasteiger partial charge in [0.2, 0.25) is 0 Å². The molecule has 0 aliphatic rings. The molecule has 0 radical (unpaired) electrons. The summed E-state index contributed by atoms with van der Waals surface area (Å²) in [5, 5.41) is 0.344. The summed E-state index contributed by atoms with van der Waals surface area (Å²) in [6.07, 6.45) is -7.65. The van der Waals surface area contributed by atoms with Gasteiger partial charge in [0.05, 0.1) is 0 Å². The Labute approximate surface area is 108 Å². The quantitative estimate of drug-likeness (QED) is 0.783. The van der Waals surface area contributed by atoms with Crippen molar-refractivity contribution in [2.45, 2.75) is 32.2 Å². The second-order valence-electron chi connectivity index (χ2n) is 3.84. The third-order valence-corrected chi connectivity index (χ3v) is 2.58. The lowest BCUT2D eigenvalue weighted by atomic mass is 10.1. The lowest BCUT2D eigenvalue weighted by molar-refractivity contribution is -0.219. The second-order valence-corrected chi connectivity index (χ2v) is 4.27. The molecule has 0 N–H and O–H groups in total. The summed E-state index contributed by atoms with van der Waals surface area (Å²) in [6.45, 7) is 2.15. The molecule has 18 heavy (non-hydrogen) atoms. The first-order valence-corrected chi connectivity index (χ1v) is 5.61. The number of rotatable bonds is 4. The molecule has 100 valence electrons. The average Bonchev–Trinajstić information content (AvgIpc) is 2.26. The molecule has 0 heterocycles. The lowest BCUT2D eigenvalue weighted by Gasteiger charge is -2.20. The van der Waals surface area contributed by atoms with Crippen LogP contribution < -0.4 is 0 Å². The van der Waals surface area contributed by atoms with Crippen LogP contribution in [0.25, 0.3) is 0 Å². The van der Waals surface area contributed by atoms with Crippen molar-refractivity contribution < 1.29 is 22.7 Å². The molecule has 0 spiro atoms. The zero-order chi connectivity index (χ0) is 13.9. The maximum Gasteiger partial charge on any atom is 0.414 e. The Bertz CT molecular complexity index is 432. The number of benzene rings is 1. The van der Waals surface area contributed by atoms with Gasteiger partial charge in [-0.2, -0.15) is 13.2 Å². The highest BCUT2D eigenvalue weighted by molar-refractivity contribution is 6.31. The molecule has 0 amide bonds. The van der Waals surface area contributed by atoms with E-state index in [-0.39, 0.29) is 5.56 Å². The van der Waals surface area contributed by atoms with Crippen LogP contribution in [0.5, 0.6) is 0 Å². The van der Waals surface area contributed by atoms with Gasteiger partial charge in [-0.25, -0.2) is 0 Å². The number of hydrogen-bond acceptors (Lipinski definition) is 2. The molecule has 0 aliphatic carbocycles. The van der Waals surface area contributed by atoms with E-state index >= 15 is 0 Å². The number of carbonyl (C=O) groups is 1. The van der Waals surface area contributed by atoms with E-state index in [9.17, 15) is 18.0 Å². The van der Waals surface area contributed by atoms with Gasteiger partial charge in [-0.05, 0) is 26.0 Å². The van der Waals surface area contributed by atoms with E-state index in [4.69, 9.17) is 11.6 Å². The SMILES string of the molecule is CC(OC(C)C(F)(F)F)C(=O)c1cccc(Cl)c1. The van der Waals surface area contributed by atoms with E-state index in [0.717, 1.165) is 6.92 Å². The number of ketones is 1. The molecule has 1 aromatic carbocycles. The van der Waals surface area contributed by atoms with Crippen LogP contribution in [0, 0.1) is 0 Å². The summed E-state index contributed by atoms with van der Waals surface area (Å²) in [4.78, 5) is 11.8. The molecule has 2 unspecified atom stereocenters. The zero-order valence-electron chi connectivity index (χ0n) is 9.79. The van der Waals surface area contributed by atoms with E-state index in [1.165, 1.54) is 19.1 Å². The lowest BCUT2D eigenvalue weighted by Crippen LogP contribution is -2.34. The number of carbonyl (C=O) groups excluding carboxylic acids is 1. The van der Waals surface area contributed by atoms with Gasteiger partial charge in [-0.15, -0.1) is 0 Å². The Morgan fingerprint density at radius 1 is 1.33 bits per heavy atom. The monoisotopic (exact) mass is 280 g/mol. The van der Waals surface area contributed by atoms with Gasteiger partial charge in [0.25, 0.3) is 0 Å². The van der Waals surface area contributed by atoms with Gasteiger partial charge in [-0.1, -0.05) is 23.7 Å². The van der Waals surface area contributed by atoms with Crippen molar-refractivity contribution in [1.82, 2.24) is 0 Å². The normalized spacial score (nSPS) is 15.2. The zero-order valence-corrected chi connectivity index (χ0v) is 10.5. The Balaban J connectivity index is 2.73. The van der Waals surface area contributed by atoms with E-state index < -0.39 is 24.2 Å². The Morgan fingerprint density at radius 2 is 1.94 bits per heavy atom. The third-order valence-electron chi connectivity index (χ3n) is 2.35. The minimum Gasteiger partial charge on any atom is -0.358 e. The number of alkyl halides is 3. The Morgan fingerprint density at radius 3 is 2.44 bits per heavy atom. The fourth-order valence-electron chi connectivity index (χ4n) is 1.32. The van der Waals surface area contributed by atoms with Crippen molar-refractivity contribution >= 4 is 17.4 Å². The first-order valence-electron chi connectivity index (χ1n) is 5.23. The molecular weight excluding hydrogens is 269 g/mol. The number of halogens is 4. The topological polar surface area (TPSA) is 26.3 Å². The fourth-order valence-corrected chi connectivity index (χ4v) is 1.51. The van der Waals surface area contributed by atoms with Gasteiger partial charge in [0.15, 0.2) is 11.9 Å². The van der Waals surface area contributed by atoms with Crippen LogP contribution in [0.4, 0.5) is 13.2 Å². The molecule has 2 nitrogen and oxygen atoms in total. The molecule has 1 aromatic rings. The maximum absolute atomic E-state index is 12.3. The molecule has 1 rings (SSSR count). The summed E-state index contributed by atoms with van der Waals surface area (Å²) < 4.78 is 41.5.